The molecule has 0 saturated heterocycles. The van der Waals surface area contributed by atoms with Crippen molar-refractivity contribution in [2.45, 2.75) is 37.5 Å². The quantitative estimate of drug-likeness (QED) is 0.658. The average molecular weight is 342 g/mol. The Balaban J connectivity index is 2.34. The maximum Gasteiger partial charge on any atom is 0.416 e. The summed E-state index contributed by atoms with van der Waals surface area (Å²) in [6.07, 6.45) is -0.767. The van der Waals surface area contributed by atoms with Gasteiger partial charge in [-0.3, -0.25) is 4.79 Å². The van der Waals surface area contributed by atoms with Crippen LogP contribution >= 0.6 is 11.8 Å². The first kappa shape index (κ1) is 17.6. The standard InChI is InChI=1S/C16H17F3N2OS/c1-3-4-13-12(14(22)21-15(20-13)23-2)9-10-5-7-11(8-6-10)16(17,18)19/h5-8H,3-4,9H2,1-2H3,(H,20,21,22). The van der Waals surface area contributed by atoms with Crippen molar-refractivity contribution in [2.75, 3.05) is 6.26 Å². The van der Waals surface area contributed by atoms with Crippen molar-refractivity contribution in [1.29, 1.82) is 0 Å². The fourth-order valence-electron chi connectivity index (χ4n) is 2.26. The minimum atomic E-state index is -4.36. The van der Waals surface area contributed by atoms with Gasteiger partial charge in [0.1, 0.15) is 0 Å². The summed E-state index contributed by atoms with van der Waals surface area (Å²) in [5, 5.41) is 0.551. The topological polar surface area (TPSA) is 45.8 Å². The molecule has 3 nitrogen and oxygen atoms in total. The molecule has 0 spiro atoms. The van der Waals surface area contributed by atoms with Crippen molar-refractivity contribution >= 4 is 11.8 Å². The van der Waals surface area contributed by atoms with E-state index in [0.29, 0.717) is 28.4 Å². The van der Waals surface area contributed by atoms with E-state index in [9.17, 15) is 18.0 Å². The van der Waals surface area contributed by atoms with Crippen LogP contribution in [0.3, 0.4) is 0 Å². The lowest BCUT2D eigenvalue weighted by atomic mass is 10.0. The molecule has 0 saturated carbocycles. The van der Waals surface area contributed by atoms with Crippen molar-refractivity contribution in [3.63, 3.8) is 0 Å². The zero-order valence-corrected chi connectivity index (χ0v) is 13.6. The number of benzene rings is 1. The third-order valence-corrected chi connectivity index (χ3v) is 4.00. The highest BCUT2D eigenvalue weighted by molar-refractivity contribution is 7.98. The molecule has 0 aliphatic rings. The van der Waals surface area contributed by atoms with Gasteiger partial charge in [0.2, 0.25) is 0 Å². The van der Waals surface area contributed by atoms with Gasteiger partial charge in [0.05, 0.1) is 11.3 Å². The Kier molecular flexibility index (Phi) is 5.51. The molecule has 2 rings (SSSR count). The molecule has 0 aliphatic carbocycles. The van der Waals surface area contributed by atoms with Gasteiger partial charge in [-0.2, -0.15) is 13.2 Å². The van der Waals surface area contributed by atoms with Crippen LogP contribution in [0.4, 0.5) is 13.2 Å². The summed E-state index contributed by atoms with van der Waals surface area (Å²) in [5.41, 5.74) is 0.956. The number of aromatic nitrogens is 2. The summed E-state index contributed by atoms with van der Waals surface area (Å²) < 4.78 is 37.8. The Hall–Kier alpha value is -1.76. The van der Waals surface area contributed by atoms with Gasteiger partial charge < -0.3 is 4.98 Å². The minimum Gasteiger partial charge on any atom is -0.301 e. The molecular formula is C16H17F3N2OS. The van der Waals surface area contributed by atoms with Crippen molar-refractivity contribution in [1.82, 2.24) is 9.97 Å². The molecule has 7 heteroatoms. The predicted octanol–water partition coefficient (Wildman–Crippen LogP) is 4.05. The van der Waals surface area contributed by atoms with Gasteiger partial charge in [0.25, 0.3) is 5.56 Å². The monoisotopic (exact) mass is 342 g/mol. The smallest absolute Gasteiger partial charge is 0.301 e. The van der Waals surface area contributed by atoms with Gasteiger partial charge in [-0.1, -0.05) is 37.2 Å². The third kappa shape index (κ3) is 4.37. The summed E-state index contributed by atoms with van der Waals surface area (Å²) in [7, 11) is 0. The van der Waals surface area contributed by atoms with E-state index in [-0.39, 0.29) is 12.0 Å². The van der Waals surface area contributed by atoms with Crippen LogP contribution in [-0.4, -0.2) is 16.2 Å². The van der Waals surface area contributed by atoms with Crippen molar-refractivity contribution in [3.05, 3.63) is 57.0 Å². The van der Waals surface area contributed by atoms with Crippen LogP contribution < -0.4 is 5.56 Å². The van der Waals surface area contributed by atoms with Crippen molar-refractivity contribution < 1.29 is 13.2 Å². The molecule has 0 radical (unpaired) electrons. The van der Waals surface area contributed by atoms with Crippen LogP contribution in [0.15, 0.2) is 34.2 Å². The molecular weight excluding hydrogens is 325 g/mol. The number of aryl methyl sites for hydroxylation is 1. The lowest BCUT2D eigenvalue weighted by Crippen LogP contribution is -2.19. The van der Waals surface area contributed by atoms with Crippen LogP contribution in [0.25, 0.3) is 0 Å². The number of alkyl halides is 3. The van der Waals surface area contributed by atoms with Gasteiger partial charge in [-0.05, 0) is 30.4 Å². The summed E-state index contributed by atoms with van der Waals surface area (Å²) >= 11 is 1.35. The number of halogens is 3. The zero-order chi connectivity index (χ0) is 17.0. The number of H-pyrrole nitrogens is 1. The number of rotatable bonds is 5. The highest BCUT2D eigenvalue weighted by atomic mass is 32.2. The molecule has 1 heterocycles. The fourth-order valence-corrected chi connectivity index (χ4v) is 2.66. The lowest BCUT2D eigenvalue weighted by Gasteiger charge is -2.10. The first-order chi connectivity index (χ1) is 10.8. The molecule has 0 fully saturated rings. The number of nitrogens with one attached hydrogen (secondary N) is 1. The van der Waals surface area contributed by atoms with Gasteiger partial charge in [0.15, 0.2) is 5.16 Å². The Labute approximate surface area is 136 Å². The second kappa shape index (κ2) is 7.21. The van der Waals surface area contributed by atoms with E-state index in [2.05, 4.69) is 9.97 Å². The second-order valence-electron chi connectivity index (χ2n) is 5.12. The van der Waals surface area contributed by atoms with E-state index in [1.807, 2.05) is 13.2 Å². The molecule has 2 aromatic rings. The van der Waals surface area contributed by atoms with Crippen LogP contribution in [0.2, 0.25) is 0 Å². The van der Waals surface area contributed by atoms with E-state index in [1.54, 1.807) is 0 Å². The summed E-state index contributed by atoms with van der Waals surface area (Å²) in [5.74, 6) is 0. The van der Waals surface area contributed by atoms with E-state index >= 15 is 0 Å². The third-order valence-electron chi connectivity index (χ3n) is 3.42. The summed E-state index contributed by atoms with van der Waals surface area (Å²) in [6.45, 7) is 1.99. The number of hydrogen-bond acceptors (Lipinski definition) is 3. The Morgan fingerprint density at radius 1 is 1.22 bits per heavy atom. The van der Waals surface area contributed by atoms with E-state index in [0.717, 1.165) is 18.6 Å². The highest BCUT2D eigenvalue weighted by Gasteiger charge is 2.29. The Bertz CT molecular complexity index is 724. The first-order valence-electron chi connectivity index (χ1n) is 7.17. The SMILES string of the molecule is CCCc1nc(SC)[nH]c(=O)c1Cc1ccc(C(F)(F)F)cc1. The molecule has 1 aromatic heterocycles. The molecule has 1 N–H and O–H groups in total. The highest BCUT2D eigenvalue weighted by Crippen LogP contribution is 2.29. The van der Waals surface area contributed by atoms with Crippen LogP contribution in [0, 0.1) is 0 Å². The van der Waals surface area contributed by atoms with Gasteiger partial charge in [-0.15, -0.1) is 0 Å². The number of thioether (sulfide) groups is 1. The molecule has 0 atom stereocenters. The number of aromatic amines is 1. The van der Waals surface area contributed by atoms with E-state index in [4.69, 9.17) is 0 Å². The van der Waals surface area contributed by atoms with Gasteiger partial charge in [-0.25, -0.2) is 4.98 Å². The van der Waals surface area contributed by atoms with Crippen LogP contribution in [-0.2, 0) is 19.0 Å². The first-order valence-corrected chi connectivity index (χ1v) is 8.39. The zero-order valence-electron chi connectivity index (χ0n) is 12.8. The molecule has 124 valence electrons. The van der Waals surface area contributed by atoms with Crippen molar-refractivity contribution in [3.8, 4) is 0 Å². The largest absolute Gasteiger partial charge is 0.416 e. The second-order valence-corrected chi connectivity index (χ2v) is 5.92. The normalized spacial score (nSPS) is 11.7. The maximum atomic E-state index is 12.6. The fraction of sp³-hybridized carbons (Fsp3) is 0.375. The Morgan fingerprint density at radius 2 is 1.87 bits per heavy atom. The van der Waals surface area contributed by atoms with Crippen molar-refractivity contribution in [2.24, 2.45) is 0 Å². The molecule has 0 amide bonds. The molecule has 0 unspecified atom stereocenters. The van der Waals surface area contributed by atoms with Crippen LogP contribution in [0.1, 0.15) is 35.7 Å². The predicted molar refractivity (Wildman–Crippen MR) is 84.9 cm³/mol. The van der Waals surface area contributed by atoms with Crippen LogP contribution in [0.5, 0.6) is 0 Å². The maximum absolute atomic E-state index is 12.6. The van der Waals surface area contributed by atoms with E-state index in [1.165, 1.54) is 23.9 Å². The molecule has 0 aliphatic heterocycles. The Morgan fingerprint density at radius 3 is 2.39 bits per heavy atom. The van der Waals surface area contributed by atoms with E-state index < -0.39 is 11.7 Å². The van der Waals surface area contributed by atoms with Gasteiger partial charge >= 0.3 is 6.18 Å². The summed E-state index contributed by atoms with van der Waals surface area (Å²) in [4.78, 5) is 19.4. The summed E-state index contributed by atoms with van der Waals surface area (Å²) in [6, 6.07) is 4.88. The lowest BCUT2D eigenvalue weighted by molar-refractivity contribution is -0.137. The molecule has 23 heavy (non-hydrogen) atoms. The number of nitrogens with zero attached hydrogens (tertiary/aromatic N) is 1. The number of hydrogen-bond donors (Lipinski definition) is 1. The molecule has 0 bridgehead atoms. The van der Waals surface area contributed by atoms with Gasteiger partial charge in [0, 0.05) is 12.0 Å². The molecule has 1 aromatic carbocycles. The minimum absolute atomic E-state index is 0.229. The average Bonchev–Trinajstić information content (AvgIpc) is 2.50.